The summed E-state index contributed by atoms with van der Waals surface area (Å²) in [5, 5.41) is 48.4. The lowest BCUT2D eigenvalue weighted by molar-refractivity contribution is -0.138. The molecule has 2 aromatic carbocycles. The lowest BCUT2D eigenvalue weighted by Gasteiger charge is -2.35. The fourth-order valence-electron chi connectivity index (χ4n) is 4.35. The fraction of sp³-hybridized carbons (Fsp3) is 0.346. The number of β-amino-alcohol motifs (C(OH)–C–C–N with tert-alkyl or cyclic N) is 1. The highest BCUT2D eigenvalue weighted by atomic mass is 35.5. The Labute approximate surface area is 239 Å². The molecular weight excluding hydrogens is 562 g/mol. The van der Waals surface area contributed by atoms with E-state index in [9.17, 15) is 39.3 Å². The average Bonchev–Trinajstić information content (AvgIpc) is 3.03. The number of hydrogen-bond donors (Lipinski definition) is 7. The van der Waals surface area contributed by atoms with Crippen LogP contribution in [0, 0.1) is 0 Å². The number of benzene rings is 2. The van der Waals surface area contributed by atoms with E-state index >= 15 is 0 Å². The number of carbonyl (C=O) groups is 5. The fourth-order valence-corrected chi connectivity index (χ4v) is 4.58. The SMILES string of the molecule is CC(=O)Nc1ccc(C(=O)N[C@H]2CN(C(=O)CO)c3ccccc3N(CC(O)N[C@H](C=O)CC(=O)O)C2O)cc1Cl. The van der Waals surface area contributed by atoms with Crippen LogP contribution in [0.25, 0.3) is 0 Å². The summed E-state index contributed by atoms with van der Waals surface area (Å²) in [5.41, 5.74) is 0.871. The van der Waals surface area contributed by atoms with Gasteiger partial charge in [0.1, 0.15) is 25.3 Å². The topological polar surface area (TPSA) is 209 Å². The van der Waals surface area contributed by atoms with Gasteiger partial charge in [0.15, 0.2) is 0 Å². The number of aldehydes is 1. The largest absolute Gasteiger partial charge is 0.481 e. The Kier molecular flexibility index (Phi) is 10.7. The number of amides is 3. The van der Waals surface area contributed by atoms with Gasteiger partial charge in [-0.2, -0.15) is 0 Å². The summed E-state index contributed by atoms with van der Waals surface area (Å²) in [7, 11) is 0. The summed E-state index contributed by atoms with van der Waals surface area (Å²) in [6, 6.07) is 8.03. The number of hydrogen-bond acceptors (Lipinski definition) is 10. The maximum absolute atomic E-state index is 13.2. The maximum atomic E-state index is 13.2. The first-order valence-corrected chi connectivity index (χ1v) is 12.8. The molecule has 0 aromatic heterocycles. The van der Waals surface area contributed by atoms with Crippen molar-refractivity contribution in [1.29, 1.82) is 0 Å². The van der Waals surface area contributed by atoms with Gasteiger partial charge in [-0.3, -0.25) is 24.5 Å². The van der Waals surface area contributed by atoms with Gasteiger partial charge in [0, 0.05) is 12.5 Å². The van der Waals surface area contributed by atoms with Crippen molar-refractivity contribution in [3.63, 3.8) is 0 Å². The Morgan fingerprint density at radius 1 is 1.15 bits per heavy atom. The van der Waals surface area contributed by atoms with Gasteiger partial charge >= 0.3 is 5.97 Å². The minimum Gasteiger partial charge on any atom is -0.481 e. The molecule has 2 unspecified atom stereocenters. The van der Waals surface area contributed by atoms with Gasteiger partial charge in [0.2, 0.25) is 5.91 Å². The van der Waals surface area contributed by atoms with E-state index in [4.69, 9.17) is 16.7 Å². The zero-order valence-electron chi connectivity index (χ0n) is 21.9. The van der Waals surface area contributed by atoms with E-state index in [1.54, 1.807) is 24.3 Å². The summed E-state index contributed by atoms with van der Waals surface area (Å²) in [4.78, 5) is 62.1. The Morgan fingerprint density at radius 2 is 1.83 bits per heavy atom. The van der Waals surface area contributed by atoms with Gasteiger partial charge in [-0.05, 0) is 30.3 Å². The number of nitrogens with one attached hydrogen (secondary N) is 3. The number of aliphatic hydroxyl groups excluding tert-OH is 3. The molecule has 0 saturated carbocycles. The Morgan fingerprint density at radius 3 is 2.41 bits per heavy atom. The van der Waals surface area contributed by atoms with Crippen molar-refractivity contribution in [3.05, 3.63) is 53.1 Å². The number of fused-ring (bicyclic) bond motifs is 1. The molecule has 1 aliphatic heterocycles. The van der Waals surface area contributed by atoms with Crippen LogP contribution in [0.4, 0.5) is 17.1 Å². The van der Waals surface area contributed by atoms with Crippen molar-refractivity contribution < 1.29 is 44.4 Å². The summed E-state index contributed by atoms with van der Waals surface area (Å²) >= 11 is 6.20. The molecule has 0 aliphatic carbocycles. The Balaban J connectivity index is 1.94. The number of aliphatic carboxylic acids is 1. The molecule has 0 saturated heterocycles. The maximum Gasteiger partial charge on any atom is 0.305 e. The molecule has 41 heavy (non-hydrogen) atoms. The van der Waals surface area contributed by atoms with Crippen molar-refractivity contribution in [2.75, 3.05) is 34.8 Å². The molecule has 3 rings (SSSR count). The van der Waals surface area contributed by atoms with Gasteiger partial charge in [-0.1, -0.05) is 23.7 Å². The third-order valence-corrected chi connectivity index (χ3v) is 6.48. The minimum atomic E-state index is -1.56. The van der Waals surface area contributed by atoms with Gasteiger partial charge in [0.25, 0.3) is 11.8 Å². The summed E-state index contributed by atoms with van der Waals surface area (Å²) in [6.07, 6.45) is -3.35. The van der Waals surface area contributed by atoms with Crippen molar-refractivity contribution >= 4 is 58.6 Å². The van der Waals surface area contributed by atoms with Crippen LogP contribution in [-0.2, 0) is 19.2 Å². The highest BCUT2D eigenvalue weighted by Gasteiger charge is 2.37. The second-order valence-electron chi connectivity index (χ2n) is 9.20. The van der Waals surface area contributed by atoms with Crippen LogP contribution < -0.4 is 25.8 Å². The molecule has 15 heteroatoms. The standard InChI is InChI=1S/C26H30ClN5O9/c1-14(35)28-18-7-6-15(8-17(18)27)25(40)30-19-10-31(23(37)13-34)20-4-2-3-5-21(20)32(26(19)41)11-22(36)29-16(12-33)9-24(38)39/h2-8,12,16,19,22,26,29,34,36,41H,9-11,13H2,1H3,(H,28,35)(H,30,40)(H,38,39)/t16-,19-,22?,26?/m0/s1. The second-order valence-corrected chi connectivity index (χ2v) is 9.60. The van der Waals surface area contributed by atoms with Crippen molar-refractivity contribution in [1.82, 2.24) is 10.6 Å². The number of carboxylic acids is 1. The number of rotatable bonds is 11. The van der Waals surface area contributed by atoms with E-state index in [2.05, 4.69) is 16.0 Å². The summed E-state index contributed by atoms with van der Waals surface area (Å²) < 4.78 is 0. The van der Waals surface area contributed by atoms with E-state index in [0.29, 0.717) is 6.29 Å². The van der Waals surface area contributed by atoms with Crippen molar-refractivity contribution in [2.45, 2.75) is 37.9 Å². The Bertz CT molecular complexity index is 1310. The Hall–Kier alpha value is -4.08. The number of carbonyl (C=O) groups excluding carboxylic acids is 4. The monoisotopic (exact) mass is 591 g/mol. The van der Waals surface area contributed by atoms with E-state index < -0.39 is 61.9 Å². The van der Waals surface area contributed by atoms with E-state index in [-0.39, 0.29) is 40.1 Å². The highest BCUT2D eigenvalue weighted by Crippen LogP contribution is 2.34. The lowest BCUT2D eigenvalue weighted by Crippen LogP contribution is -2.58. The summed E-state index contributed by atoms with van der Waals surface area (Å²) in [5.74, 6) is -3.05. The molecule has 0 radical (unpaired) electrons. The van der Waals surface area contributed by atoms with Gasteiger partial charge in [-0.25, -0.2) is 0 Å². The normalized spacial score (nSPS) is 18.0. The van der Waals surface area contributed by atoms with Crippen LogP contribution in [0.2, 0.25) is 5.02 Å². The number of carboxylic acid groups (broad SMARTS) is 1. The molecule has 0 fully saturated rings. The molecule has 2 aromatic rings. The van der Waals surface area contributed by atoms with E-state index in [1.807, 2.05) is 0 Å². The molecule has 1 aliphatic rings. The zero-order chi connectivity index (χ0) is 30.3. The van der Waals surface area contributed by atoms with Crippen LogP contribution >= 0.6 is 11.6 Å². The zero-order valence-corrected chi connectivity index (χ0v) is 22.6. The first-order valence-electron chi connectivity index (χ1n) is 12.4. The van der Waals surface area contributed by atoms with E-state index in [0.717, 1.165) is 0 Å². The second kappa shape index (κ2) is 14.0. The molecule has 7 N–H and O–H groups in total. The predicted molar refractivity (Wildman–Crippen MR) is 147 cm³/mol. The van der Waals surface area contributed by atoms with Crippen LogP contribution in [0.3, 0.4) is 0 Å². The smallest absolute Gasteiger partial charge is 0.305 e. The van der Waals surface area contributed by atoms with E-state index in [1.165, 1.54) is 34.9 Å². The first kappa shape index (κ1) is 31.4. The molecule has 3 amide bonds. The van der Waals surface area contributed by atoms with Crippen molar-refractivity contribution in [3.8, 4) is 0 Å². The molecule has 220 valence electrons. The molecule has 0 spiro atoms. The minimum absolute atomic E-state index is 0.0776. The predicted octanol–water partition coefficient (Wildman–Crippen LogP) is -0.489. The number of anilines is 3. The number of nitrogens with zero attached hydrogens (tertiary/aromatic N) is 2. The number of para-hydroxylation sites is 2. The highest BCUT2D eigenvalue weighted by molar-refractivity contribution is 6.34. The molecule has 4 atom stereocenters. The van der Waals surface area contributed by atoms with Gasteiger partial charge in [0.05, 0.1) is 53.7 Å². The molecular formula is C26H30ClN5O9. The number of aliphatic hydroxyl groups is 3. The van der Waals surface area contributed by atoms with Crippen LogP contribution in [-0.4, -0.2) is 94.6 Å². The molecule has 1 heterocycles. The van der Waals surface area contributed by atoms with Crippen LogP contribution in [0.1, 0.15) is 23.7 Å². The van der Waals surface area contributed by atoms with Gasteiger partial charge in [-0.15, -0.1) is 0 Å². The summed E-state index contributed by atoms with van der Waals surface area (Å²) in [6.45, 7) is -0.249. The third-order valence-electron chi connectivity index (χ3n) is 6.17. The van der Waals surface area contributed by atoms with Crippen LogP contribution in [0.5, 0.6) is 0 Å². The van der Waals surface area contributed by atoms with Crippen LogP contribution in [0.15, 0.2) is 42.5 Å². The first-order chi connectivity index (χ1) is 19.4. The molecule has 14 nitrogen and oxygen atoms in total. The third kappa shape index (κ3) is 7.99. The van der Waals surface area contributed by atoms with Gasteiger partial charge < -0.3 is 45.7 Å². The number of halogens is 1. The quantitative estimate of drug-likeness (QED) is 0.131. The average molecular weight is 592 g/mol. The van der Waals surface area contributed by atoms with Crippen molar-refractivity contribution in [2.24, 2.45) is 0 Å². The lowest BCUT2D eigenvalue weighted by atomic mass is 10.1. The molecule has 0 bridgehead atoms.